The molecule has 0 aliphatic heterocycles. The Labute approximate surface area is 164 Å². The SMILES string of the molecule is COc1cc([N+](=O)[O-])ccc1NC(=O)CCc1cc(OC)c(OC)cc1Br. The van der Waals surface area contributed by atoms with Crippen LogP contribution in [0.25, 0.3) is 0 Å². The molecule has 0 saturated heterocycles. The number of ether oxygens (including phenoxy) is 3. The number of hydrogen-bond acceptors (Lipinski definition) is 6. The third kappa shape index (κ3) is 5.10. The van der Waals surface area contributed by atoms with Crippen molar-refractivity contribution in [3.8, 4) is 17.2 Å². The summed E-state index contributed by atoms with van der Waals surface area (Å²) in [4.78, 5) is 22.6. The topological polar surface area (TPSA) is 99.9 Å². The van der Waals surface area contributed by atoms with E-state index in [9.17, 15) is 14.9 Å². The Hall–Kier alpha value is -2.81. The summed E-state index contributed by atoms with van der Waals surface area (Å²) >= 11 is 3.46. The molecular weight excluding hydrogens is 420 g/mol. The first kappa shape index (κ1) is 20.5. The molecule has 0 saturated carbocycles. The molecule has 1 N–H and O–H groups in total. The van der Waals surface area contributed by atoms with E-state index in [1.54, 1.807) is 20.3 Å². The number of nitro groups is 1. The van der Waals surface area contributed by atoms with Crippen molar-refractivity contribution in [2.75, 3.05) is 26.6 Å². The fourth-order valence-corrected chi connectivity index (χ4v) is 2.97. The van der Waals surface area contributed by atoms with Gasteiger partial charge in [0.1, 0.15) is 5.75 Å². The maximum Gasteiger partial charge on any atom is 0.273 e. The molecule has 0 aliphatic carbocycles. The average molecular weight is 439 g/mol. The summed E-state index contributed by atoms with van der Waals surface area (Å²) in [5.41, 5.74) is 1.15. The number of anilines is 1. The predicted octanol–water partition coefficient (Wildman–Crippen LogP) is 3.95. The van der Waals surface area contributed by atoms with Crippen LogP contribution in [0.4, 0.5) is 11.4 Å². The van der Waals surface area contributed by atoms with Crippen molar-refractivity contribution >= 4 is 33.2 Å². The van der Waals surface area contributed by atoms with E-state index in [1.165, 1.54) is 25.3 Å². The standard InChI is InChI=1S/C18H19BrN2O6/c1-25-15-9-12(21(23)24)5-6-14(15)20-18(22)7-4-11-8-16(26-2)17(27-3)10-13(11)19/h5-6,8-10H,4,7H2,1-3H3,(H,20,22). The van der Waals surface area contributed by atoms with Gasteiger partial charge >= 0.3 is 0 Å². The Bertz CT molecular complexity index is 856. The lowest BCUT2D eigenvalue weighted by atomic mass is 10.1. The van der Waals surface area contributed by atoms with Crippen molar-refractivity contribution in [2.24, 2.45) is 0 Å². The van der Waals surface area contributed by atoms with Crippen molar-refractivity contribution < 1.29 is 23.9 Å². The molecule has 0 bridgehead atoms. The molecule has 8 nitrogen and oxygen atoms in total. The highest BCUT2D eigenvalue weighted by molar-refractivity contribution is 9.10. The highest BCUT2D eigenvalue weighted by Crippen LogP contribution is 2.34. The molecule has 2 aromatic carbocycles. The molecule has 27 heavy (non-hydrogen) atoms. The molecule has 9 heteroatoms. The molecule has 0 aliphatic rings. The summed E-state index contributed by atoms with van der Waals surface area (Å²) in [6, 6.07) is 7.61. The van der Waals surface area contributed by atoms with E-state index in [-0.39, 0.29) is 23.8 Å². The molecule has 2 aromatic rings. The summed E-state index contributed by atoms with van der Waals surface area (Å²) in [6.07, 6.45) is 0.663. The van der Waals surface area contributed by atoms with Gasteiger partial charge in [-0.25, -0.2) is 0 Å². The molecule has 0 spiro atoms. The number of rotatable bonds is 8. The van der Waals surface area contributed by atoms with Crippen molar-refractivity contribution in [3.63, 3.8) is 0 Å². The number of nitro benzene ring substituents is 1. The lowest BCUT2D eigenvalue weighted by Gasteiger charge is -2.13. The van der Waals surface area contributed by atoms with Crippen molar-refractivity contribution in [1.82, 2.24) is 0 Å². The molecule has 0 unspecified atom stereocenters. The second-order valence-electron chi connectivity index (χ2n) is 5.49. The zero-order chi connectivity index (χ0) is 20.0. The molecule has 144 valence electrons. The first-order valence-corrected chi connectivity index (χ1v) is 8.71. The summed E-state index contributed by atoms with van der Waals surface area (Å²) < 4.78 is 16.4. The Morgan fingerprint density at radius 2 is 1.70 bits per heavy atom. The fraction of sp³-hybridized carbons (Fsp3) is 0.278. The maximum atomic E-state index is 12.3. The van der Waals surface area contributed by atoms with Crippen LogP contribution < -0.4 is 19.5 Å². The average Bonchev–Trinajstić information content (AvgIpc) is 2.66. The van der Waals surface area contributed by atoms with Gasteiger partial charge in [0.05, 0.1) is 38.0 Å². The van der Waals surface area contributed by atoms with Crippen LogP contribution in [-0.4, -0.2) is 32.2 Å². The Morgan fingerprint density at radius 1 is 1.07 bits per heavy atom. The minimum absolute atomic E-state index is 0.112. The molecule has 0 atom stereocenters. The number of carbonyl (C=O) groups excluding carboxylic acids is 1. The van der Waals surface area contributed by atoms with Gasteiger partial charge in [0.15, 0.2) is 11.5 Å². The predicted molar refractivity (Wildman–Crippen MR) is 104 cm³/mol. The van der Waals surface area contributed by atoms with Gasteiger partial charge in [-0.05, 0) is 30.2 Å². The van der Waals surface area contributed by atoms with E-state index in [0.717, 1.165) is 10.0 Å². The van der Waals surface area contributed by atoms with E-state index in [2.05, 4.69) is 21.2 Å². The van der Waals surface area contributed by atoms with E-state index in [4.69, 9.17) is 14.2 Å². The molecule has 0 fully saturated rings. The van der Waals surface area contributed by atoms with Crippen LogP contribution in [0, 0.1) is 10.1 Å². The first-order valence-electron chi connectivity index (χ1n) is 7.92. The van der Waals surface area contributed by atoms with Gasteiger partial charge < -0.3 is 19.5 Å². The lowest BCUT2D eigenvalue weighted by Crippen LogP contribution is -2.13. The first-order chi connectivity index (χ1) is 12.9. The van der Waals surface area contributed by atoms with Gasteiger partial charge in [0, 0.05) is 17.0 Å². The van der Waals surface area contributed by atoms with E-state index in [1.807, 2.05) is 6.07 Å². The highest BCUT2D eigenvalue weighted by Gasteiger charge is 2.15. The molecular formula is C18H19BrN2O6. The zero-order valence-corrected chi connectivity index (χ0v) is 16.7. The monoisotopic (exact) mass is 438 g/mol. The van der Waals surface area contributed by atoms with Crippen LogP contribution >= 0.6 is 15.9 Å². The van der Waals surface area contributed by atoms with Gasteiger partial charge in [0.25, 0.3) is 5.69 Å². The highest BCUT2D eigenvalue weighted by atomic mass is 79.9. The van der Waals surface area contributed by atoms with Crippen LogP contribution in [0.15, 0.2) is 34.8 Å². The smallest absolute Gasteiger partial charge is 0.273 e. The maximum absolute atomic E-state index is 12.3. The molecule has 0 radical (unpaired) electrons. The quantitative estimate of drug-likeness (QED) is 0.494. The second-order valence-corrected chi connectivity index (χ2v) is 6.34. The summed E-state index contributed by atoms with van der Waals surface area (Å²) in [7, 11) is 4.48. The number of non-ortho nitro benzene ring substituents is 1. The lowest BCUT2D eigenvalue weighted by molar-refractivity contribution is -0.384. The summed E-state index contributed by atoms with van der Waals surface area (Å²) in [5.74, 6) is 1.15. The van der Waals surface area contributed by atoms with E-state index >= 15 is 0 Å². The third-order valence-corrected chi connectivity index (χ3v) is 4.58. The van der Waals surface area contributed by atoms with Gasteiger partial charge in [-0.15, -0.1) is 0 Å². The van der Waals surface area contributed by atoms with Crippen molar-refractivity contribution in [1.29, 1.82) is 0 Å². The number of halogens is 1. The van der Waals surface area contributed by atoms with Crippen molar-refractivity contribution in [3.05, 3.63) is 50.5 Å². The zero-order valence-electron chi connectivity index (χ0n) is 15.1. The number of amides is 1. The molecule has 0 heterocycles. The number of nitrogens with zero attached hydrogens (tertiary/aromatic N) is 1. The van der Waals surface area contributed by atoms with Crippen LogP contribution in [0.3, 0.4) is 0 Å². The second kappa shape index (κ2) is 9.22. The molecule has 0 aromatic heterocycles. The van der Waals surface area contributed by atoms with Gasteiger partial charge in [-0.1, -0.05) is 15.9 Å². The van der Waals surface area contributed by atoms with Crippen LogP contribution in [-0.2, 0) is 11.2 Å². The van der Waals surface area contributed by atoms with Gasteiger partial charge in [-0.2, -0.15) is 0 Å². The Kier molecular flexibility index (Phi) is 7.00. The number of aryl methyl sites for hydroxylation is 1. The van der Waals surface area contributed by atoms with E-state index < -0.39 is 4.92 Å². The molecule has 2 rings (SSSR count). The number of methoxy groups -OCH3 is 3. The fourth-order valence-electron chi connectivity index (χ4n) is 2.45. The van der Waals surface area contributed by atoms with Gasteiger partial charge in [0.2, 0.25) is 5.91 Å². The van der Waals surface area contributed by atoms with E-state index in [0.29, 0.717) is 23.6 Å². The van der Waals surface area contributed by atoms with Crippen LogP contribution in [0.1, 0.15) is 12.0 Å². The van der Waals surface area contributed by atoms with Crippen molar-refractivity contribution in [2.45, 2.75) is 12.8 Å². The molecule has 1 amide bonds. The van der Waals surface area contributed by atoms with Crippen LogP contribution in [0.5, 0.6) is 17.2 Å². The number of nitrogens with one attached hydrogen (secondary N) is 1. The Balaban J connectivity index is 2.08. The number of hydrogen-bond donors (Lipinski definition) is 1. The largest absolute Gasteiger partial charge is 0.494 e. The number of carbonyl (C=O) groups is 1. The summed E-state index contributed by atoms with van der Waals surface area (Å²) in [5, 5.41) is 13.5. The Morgan fingerprint density at radius 3 is 2.30 bits per heavy atom. The number of benzene rings is 2. The minimum Gasteiger partial charge on any atom is -0.494 e. The van der Waals surface area contributed by atoms with Crippen LogP contribution in [0.2, 0.25) is 0 Å². The third-order valence-electron chi connectivity index (χ3n) is 3.84. The summed E-state index contributed by atoms with van der Waals surface area (Å²) in [6.45, 7) is 0. The van der Waals surface area contributed by atoms with Gasteiger partial charge in [-0.3, -0.25) is 14.9 Å². The minimum atomic E-state index is -0.525. The normalized spacial score (nSPS) is 10.2.